The molecule has 0 saturated carbocycles. The van der Waals surface area contributed by atoms with Crippen LogP contribution in [-0.2, 0) is 11.2 Å². The number of hydrogen-bond acceptors (Lipinski definition) is 6. The molecule has 0 bridgehead atoms. The number of carbonyl (C=O) groups is 2. The average molecular weight is 376 g/mol. The summed E-state index contributed by atoms with van der Waals surface area (Å²) in [6.07, 6.45) is 7.36. The molecule has 3 heterocycles. The topological polar surface area (TPSA) is 88.3 Å². The van der Waals surface area contributed by atoms with E-state index < -0.39 is 0 Å². The molecule has 0 aromatic carbocycles. The van der Waals surface area contributed by atoms with E-state index in [0.29, 0.717) is 24.0 Å². The Morgan fingerprint density at radius 2 is 2.27 bits per heavy atom. The minimum Gasteiger partial charge on any atom is -0.459 e. The smallest absolute Gasteiger partial charge is 0.289 e. The summed E-state index contributed by atoms with van der Waals surface area (Å²) in [6.45, 7) is 3.20. The highest BCUT2D eigenvalue weighted by molar-refractivity contribution is 7.15. The summed E-state index contributed by atoms with van der Waals surface area (Å²) in [7, 11) is 0. The molecule has 1 aliphatic heterocycles. The van der Waals surface area contributed by atoms with Gasteiger partial charge in [-0.3, -0.25) is 9.59 Å². The quantitative estimate of drug-likeness (QED) is 0.749. The van der Waals surface area contributed by atoms with Crippen LogP contribution in [0.2, 0.25) is 0 Å². The first-order chi connectivity index (χ1) is 12.7. The zero-order valence-corrected chi connectivity index (χ0v) is 15.8. The number of likely N-dealkylation sites (tertiary alicyclic amines) is 1. The van der Waals surface area contributed by atoms with Crippen LogP contribution in [0.1, 0.15) is 54.6 Å². The second-order valence-corrected chi connectivity index (χ2v) is 7.58. The number of nitrogens with zero attached hydrogens (tertiary/aromatic N) is 3. The second-order valence-electron chi connectivity index (χ2n) is 6.51. The molecule has 140 valence electrons. The lowest BCUT2D eigenvalue weighted by Gasteiger charge is -2.31. The van der Waals surface area contributed by atoms with Gasteiger partial charge in [-0.25, -0.2) is 0 Å². The second kappa shape index (κ2) is 8.93. The van der Waals surface area contributed by atoms with Gasteiger partial charge in [-0.2, -0.15) is 0 Å². The van der Waals surface area contributed by atoms with Crippen molar-refractivity contribution >= 4 is 28.3 Å². The van der Waals surface area contributed by atoms with Crippen molar-refractivity contribution < 1.29 is 14.0 Å². The highest BCUT2D eigenvalue weighted by Crippen LogP contribution is 2.22. The molecule has 1 N–H and O–H groups in total. The van der Waals surface area contributed by atoms with Crippen molar-refractivity contribution in [2.45, 2.75) is 45.4 Å². The normalized spacial score (nSPS) is 17.3. The number of nitrogens with one attached hydrogen (secondary N) is 1. The summed E-state index contributed by atoms with van der Waals surface area (Å²) in [5.74, 6) is -0.193. The van der Waals surface area contributed by atoms with Gasteiger partial charge in [0.2, 0.25) is 11.0 Å². The Labute approximate surface area is 156 Å². The molecule has 1 fully saturated rings. The summed E-state index contributed by atoms with van der Waals surface area (Å²) in [5.41, 5.74) is 0. The maximum Gasteiger partial charge on any atom is 0.289 e. The van der Waals surface area contributed by atoms with E-state index in [1.165, 1.54) is 24.0 Å². The van der Waals surface area contributed by atoms with E-state index in [9.17, 15) is 9.59 Å². The van der Waals surface area contributed by atoms with E-state index in [0.717, 1.165) is 37.1 Å². The van der Waals surface area contributed by atoms with Gasteiger partial charge < -0.3 is 14.6 Å². The fraction of sp³-hybridized carbons (Fsp3) is 0.556. The Bertz CT molecular complexity index is 729. The Kier molecular flexibility index (Phi) is 6.38. The molecular weight excluding hydrogens is 352 g/mol. The number of rotatable bonds is 7. The molecule has 26 heavy (non-hydrogen) atoms. The van der Waals surface area contributed by atoms with Gasteiger partial charge >= 0.3 is 0 Å². The van der Waals surface area contributed by atoms with Crippen LogP contribution in [0.3, 0.4) is 0 Å². The molecule has 1 aliphatic rings. The van der Waals surface area contributed by atoms with Gasteiger partial charge in [-0.05, 0) is 31.4 Å². The van der Waals surface area contributed by atoms with Crippen molar-refractivity contribution in [1.82, 2.24) is 15.1 Å². The molecule has 1 atom stereocenters. The SMILES string of the molecule is CCCCCc1nnc(NC(=O)C2CCCN(C(=O)c3ccco3)C2)s1. The lowest BCUT2D eigenvalue weighted by molar-refractivity contribution is -0.121. The first-order valence-electron chi connectivity index (χ1n) is 9.13. The van der Waals surface area contributed by atoms with Crippen LogP contribution in [0.5, 0.6) is 0 Å². The van der Waals surface area contributed by atoms with Crippen molar-refractivity contribution in [3.8, 4) is 0 Å². The minimum absolute atomic E-state index is 0.0989. The van der Waals surface area contributed by atoms with Crippen LogP contribution in [-0.4, -0.2) is 40.0 Å². The lowest BCUT2D eigenvalue weighted by atomic mass is 9.97. The van der Waals surface area contributed by atoms with E-state index in [1.54, 1.807) is 17.0 Å². The maximum atomic E-state index is 12.6. The van der Waals surface area contributed by atoms with Crippen LogP contribution in [0.15, 0.2) is 22.8 Å². The molecule has 1 saturated heterocycles. The maximum absolute atomic E-state index is 12.6. The van der Waals surface area contributed by atoms with Crippen LogP contribution in [0, 0.1) is 5.92 Å². The van der Waals surface area contributed by atoms with Crippen LogP contribution >= 0.6 is 11.3 Å². The number of aryl methyl sites for hydroxylation is 1. The molecule has 2 amide bonds. The van der Waals surface area contributed by atoms with Gasteiger partial charge in [-0.1, -0.05) is 31.1 Å². The lowest BCUT2D eigenvalue weighted by Crippen LogP contribution is -2.43. The average Bonchev–Trinajstić information content (AvgIpc) is 3.34. The molecule has 0 radical (unpaired) electrons. The Morgan fingerprint density at radius 1 is 1.38 bits per heavy atom. The number of carbonyl (C=O) groups excluding carboxylic acids is 2. The number of hydrogen-bond donors (Lipinski definition) is 1. The van der Waals surface area contributed by atoms with Gasteiger partial charge in [0.25, 0.3) is 5.91 Å². The van der Waals surface area contributed by atoms with Crippen molar-refractivity contribution in [1.29, 1.82) is 0 Å². The highest BCUT2D eigenvalue weighted by Gasteiger charge is 2.30. The zero-order valence-electron chi connectivity index (χ0n) is 14.9. The third-order valence-corrected chi connectivity index (χ3v) is 5.40. The number of amides is 2. The minimum atomic E-state index is -0.241. The van der Waals surface area contributed by atoms with E-state index >= 15 is 0 Å². The van der Waals surface area contributed by atoms with Crippen molar-refractivity contribution in [3.05, 3.63) is 29.2 Å². The third-order valence-electron chi connectivity index (χ3n) is 4.50. The number of aromatic nitrogens is 2. The van der Waals surface area contributed by atoms with Gasteiger partial charge in [0, 0.05) is 19.5 Å². The number of furan rings is 1. The summed E-state index contributed by atoms with van der Waals surface area (Å²) in [4.78, 5) is 26.6. The molecule has 8 heteroatoms. The molecule has 2 aromatic rings. The summed E-state index contributed by atoms with van der Waals surface area (Å²) < 4.78 is 5.17. The summed E-state index contributed by atoms with van der Waals surface area (Å²) >= 11 is 1.43. The predicted octanol–water partition coefficient (Wildman–Crippen LogP) is 3.35. The molecule has 0 aliphatic carbocycles. The number of anilines is 1. The van der Waals surface area contributed by atoms with Crippen molar-refractivity contribution in [2.24, 2.45) is 5.92 Å². The predicted molar refractivity (Wildman–Crippen MR) is 99.1 cm³/mol. The Morgan fingerprint density at radius 3 is 3.04 bits per heavy atom. The summed E-state index contributed by atoms with van der Waals surface area (Å²) in [6, 6.07) is 3.34. The van der Waals surface area contributed by atoms with Gasteiger partial charge in [0.15, 0.2) is 5.76 Å². The van der Waals surface area contributed by atoms with E-state index in [4.69, 9.17) is 4.42 Å². The van der Waals surface area contributed by atoms with Crippen molar-refractivity contribution in [2.75, 3.05) is 18.4 Å². The van der Waals surface area contributed by atoms with Crippen LogP contribution in [0.25, 0.3) is 0 Å². The fourth-order valence-corrected chi connectivity index (χ4v) is 3.86. The monoisotopic (exact) mass is 376 g/mol. The van der Waals surface area contributed by atoms with Crippen LogP contribution < -0.4 is 5.32 Å². The first-order valence-corrected chi connectivity index (χ1v) is 9.95. The largest absolute Gasteiger partial charge is 0.459 e. The van der Waals surface area contributed by atoms with Crippen molar-refractivity contribution in [3.63, 3.8) is 0 Å². The zero-order chi connectivity index (χ0) is 18.4. The Hall–Kier alpha value is -2.22. The van der Waals surface area contributed by atoms with Crippen LogP contribution in [0.4, 0.5) is 5.13 Å². The number of unbranched alkanes of at least 4 members (excludes halogenated alkanes) is 2. The Balaban J connectivity index is 1.53. The fourth-order valence-electron chi connectivity index (χ4n) is 3.07. The molecule has 2 aromatic heterocycles. The van der Waals surface area contributed by atoms with E-state index in [1.807, 2.05) is 0 Å². The molecule has 0 spiro atoms. The third kappa shape index (κ3) is 4.69. The number of piperidine rings is 1. The van der Waals surface area contributed by atoms with Gasteiger partial charge in [-0.15, -0.1) is 10.2 Å². The van der Waals surface area contributed by atoms with E-state index in [-0.39, 0.29) is 17.7 Å². The first kappa shape index (κ1) is 18.6. The standard InChI is InChI=1S/C18H24N4O3S/c1-2-3-4-9-15-20-21-18(26-15)19-16(23)13-7-5-10-22(12-13)17(24)14-8-6-11-25-14/h6,8,11,13H,2-5,7,9-10,12H2,1H3,(H,19,21,23). The highest BCUT2D eigenvalue weighted by atomic mass is 32.1. The molecule has 3 rings (SSSR count). The van der Waals surface area contributed by atoms with Gasteiger partial charge in [0.05, 0.1) is 12.2 Å². The van der Waals surface area contributed by atoms with E-state index in [2.05, 4.69) is 22.4 Å². The molecule has 1 unspecified atom stereocenters. The summed E-state index contributed by atoms with van der Waals surface area (Å²) in [5, 5.41) is 12.6. The molecular formula is C18H24N4O3S. The molecule has 7 nitrogen and oxygen atoms in total. The van der Waals surface area contributed by atoms with Gasteiger partial charge in [0.1, 0.15) is 5.01 Å².